The molecule has 0 saturated heterocycles. The van der Waals surface area contributed by atoms with Gasteiger partial charge in [-0.05, 0) is 43.2 Å². The SMILES string of the molecule is Cc1cccc(C)c1OCC(=O)NNC(=O)/C=C/c1ccc(OC(F)F)cc1OC(F)F. The summed E-state index contributed by atoms with van der Waals surface area (Å²) in [6.45, 7) is -3.08. The topological polar surface area (TPSA) is 85.9 Å². The molecule has 2 rings (SSSR count). The molecule has 0 heterocycles. The third kappa shape index (κ3) is 7.82. The predicted molar refractivity (Wildman–Crippen MR) is 106 cm³/mol. The molecule has 2 aromatic rings. The Morgan fingerprint density at radius 1 is 0.969 bits per heavy atom. The summed E-state index contributed by atoms with van der Waals surface area (Å²) in [6.07, 6.45) is 2.02. The highest BCUT2D eigenvalue weighted by molar-refractivity contribution is 5.93. The van der Waals surface area contributed by atoms with Crippen molar-refractivity contribution in [1.29, 1.82) is 0 Å². The van der Waals surface area contributed by atoms with Gasteiger partial charge in [0.2, 0.25) is 0 Å². The number of carbonyl (C=O) groups is 2. The molecule has 0 unspecified atom stereocenters. The standard InChI is InChI=1S/C21H20F4N2O5/c1-12-4-3-5-13(2)19(12)30-11-18(29)27-26-17(28)9-7-14-6-8-15(31-20(22)23)10-16(14)32-21(24)25/h3-10,20-21H,11H2,1-2H3,(H,26,28)(H,27,29)/b9-7+. The zero-order valence-corrected chi connectivity index (χ0v) is 17.0. The first-order chi connectivity index (χ1) is 15.2. The number of hydrazine groups is 1. The molecule has 172 valence electrons. The summed E-state index contributed by atoms with van der Waals surface area (Å²) >= 11 is 0. The molecular weight excluding hydrogens is 436 g/mol. The van der Waals surface area contributed by atoms with Crippen molar-refractivity contribution in [1.82, 2.24) is 10.9 Å². The number of hydrogen-bond acceptors (Lipinski definition) is 5. The molecule has 0 aliphatic carbocycles. The Morgan fingerprint density at radius 2 is 1.62 bits per heavy atom. The second kappa shape index (κ2) is 11.6. The van der Waals surface area contributed by atoms with Crippen LogP contribution < -0.4 is 25.1 Å². The van der Waals surface area contributed by atoms with E-state index in [4.69, 9.17) is 4.74 Å². The molecular formula is C21H20F4N2O5. The van der Waals surface area contributed by atoms with Crippen LogP contribution >= 0.6 is 0 Å². The molecule has 0 spiro atoms. The number of amides is 2. The van der Waals surface area contributed by atoms with E-state index in [1.54, 1.807) is 0 Å². The van der Waals surface area contributed by atoms with Gasteiger partial charge in [-0.25, -0.2) is 0 Å². The van der Waals surface area contributed by atoms with Crippen molar-refractivity contribution in [2.45, 2.75) is 27.1 Å². The summed E-state index contributed by atoms with van der Waals surface area (Å²) in [4.78, 5) is 23.7. The number of carbonyl (C=O) groups excluding carboxylic acids is 2. The fraction of sp³-hybridized carbons (Fsp3) is 0.238. The van der Waals surface area contributed by atoms with Gasteiger partial charge in [-0.1, -0.05) is 18.2 Å². The molecule has 0 saturated carbocycles. The van der Waals surface area contributed by atoms with Crippen LogP contribution in [-0.2, 0) is 9.59 Å². The Labute approximate surface area is 180 Å². The number of hydrogen-bond donors (Lipinski definition) is 2. The highest BCUT2D eigenvalue weighted by Crippen LogP contribution is 2.28. The molecule has 0 radical (unpaired) electrons. The molecule has 0 atom stereocenters. The lowest BCUT2D eigenvalue weighted by Crippen LogP contribution is -2.43. The van der Waals surface area contributed by atoms with Gasteiger partial charge in [0, 0.05) is 17.7 Å². The van der Waals surface area contributed by atoms with Crippen molar-refractivity contribution >= 4 is 17.9 Å². The van der Waals surface area contributed by atoms with Gasteiger partial charge < -0.3 is 14.2 Å². The molecule has 2 aromatic carbocycles. The lowest BCUT2D eigenvalue weighted by atomic mass is 10.1. The minimum atomic E-state index is -3.23. The molecule has 0 fully saturated rings. The summed E-state index contributed by atoms with van der Waals surface area (Å²) in [5.74, 6) is -1.74. The lowest BCUT2D eigenvalue weighted by molar-refractivity contribution is -0.128. The van der Waals surface area contributed by atoms with Gasteiger partial charge in [0.25, 0.3) is 11.8 Å². The van der Waals surface area contributed by atoms with Crippen LogP contribution in [0, 0.1) is 13.8 Å². The fourth-order valence-corrected chi connectivity index (χ4v) is 2.57. The van der Waals surface area contributed by atoms with Gasteiger partial charge in [0.15, 0.2) is 6.61 Å². The zero-order valence-electron chi connectivity index (χ0n) is 17.0. The normalized spacial score (nSPS) is 11.0. The van der Waals surface area contributed by atoms with Crippen molar-refractivity contribution in [3.05, 3.63) is 59.2 Å². The Bertz CT molecular complexity index is 962. The third-order valence-electron chi connectivity index (χ3n) is 3.92. The average molecular weight is 456 g/mol. The number of para-hydroxylation sites is 1. The first-order valence-electron chi connectivity index (χ1n) is 9.15. The van der Waals surface area contributed by atoms with Crippen LogP contribution in [-0.4, -0.2) is 31.6 Å². The Balaban J connectivity index is 1.92. The van der Waals surface area contributed by atoms with E-state index < -0.39 is 36.5 Å². The summed E-state index contributed by atoms with van der Waals surface area (Å²) in [5.41, 5.74) is 5.91. The van der Waals surface area contributed by atoms with Crippen LogP contribution in [0.1, 0.15) is 16.7 Å². The molecule has 0 aliphatic heterocycles. The molecule has 2 amide bonds. The minimum Gasteiger partial charge on any atom is -0.483 e. The zero-order chi connectivity index (χ0) is 23.7. The highest BCUT2D eigenvalue weighted by atomic mass is 19.3. The van der Waals surface area contributed by atoms with Crippen LogP contribution in [0.3, 0.4) is 0 Å². The second-order valence-electron chi connectivity index (χ2n) is 6.34. The van der Waals surface area contributed by atoms with Gasteiger partial charge in [-0.3, -0.25) is 20.4 Å². The largest absolute Gasteiger partial charge is 0.483 e. The van der Waals surface area contributed by atoms with Crippen LogP contribution in [0.25, 0.3) is 6.08 Å². The van der Waals surface area contributed by atoms with Crippen molar-refractivity contribution in [2.75, 3.05) is 6.61 Å². The number of rotatable bonds is 9. The smallest absolute Gasteiger partial charge is 0.387 e. The van der Waals surface area contributed by atoms with E-state index in [0.29, 0.717) is 5.75 Å². The maximum atomic E-state index is 12.6. The number of benzene rings is 2. The van der Waals surface area contributed by atoms with E-state index in [1.807, 2.05) is 32.0 Å². The quantitative estimate of drug-likeness (QED) is 0.341. The molecule has 2 N–H and O–H groups in total. The van der Waals surface area contributed by atoms with Gasteiger partial charge in [-0.15, -0.1) is 0 Å². The van der Waals surface area contributed by atoms with E-state index >= 15 is 0 Å². The minimum absolute atomic E-state index is 0.00763. The average Bonchev–Trinajstić information content (AvgIpc) is 2.70. The summed E-state index contributed by atoms with van der Waals surface area (Å²) in [5, 5.41) is 0. The molecule has 11 heteroatoms. The summed E-state index contributed by atoms with van der Waals surface area (Å²) < 4.78 is 63.6. The van der Waals surface area contributed by atoms with E-state index in [0.717, 1.165) is 41.5 Å². The fourth-order valence-electron chi connectivity index (χ4n) is 2.57. The third-order valence-corrected chi connectivity index (χ3v) is 3.92. The number of ether oxygens (including phenoxy) is 3. The molecule has 0 aromatic heterocycles. The first kappa shape index (κ1) is 24.5. The number of halogens is 4. The Morgan fingerprint density at radius 3 is 2.25 bits per heavy atom. The van der Waals surface area contributed by atoms with Crippen LogP contribution in [0.15, 0.2) is 42.5 Å². The van der Waals surface area contributed by atoms with Crippen molar-refractivity contribution in [3.8, 4) is 17.2 Å². The van der Waals surface area contributed by atoms with Crippen molar-refractivity contribution < 1.29 is 41.4 Å². The molecule has 0 bridgehead atoms. The molecule has 32 heavy (non-hydrogen) atoms. The van der Waals surface area contributed by atoms with Gasteiger partial charge >= 0.3 is 13.2 Å². The number of alkyl halides is 4. The van der Waals surface area contributed by atoms with Gasteiger partial charge in [0.05, 0.1) is 0 Å². The summed E-state index contributed by atoms with van der Waals surface area (Å²) in [6, 6.07) is 8.57. The number of aryl methyl sites for hydroxylation is 2. The summed E-state index contributed by atoms with van der Waals surface area (Å²) in [7, 11) is 0. The van der Waals surface area contributed by atoms with Crippen molar-refractivity contribution in [2.24, 2.45) is 0 Å². The predicted octanol–water partition coefficient (Wildman–Crippen LogP) is 3.75. The lowest BCUT2D eigenvalue weighted by Gasteiger charge is -2.12. The van der Waals surface area contributed by atoms with Gasteiger partial charge in [0.1, 0.15) is 17.2 Å². The van der Waals surface area contributed by atoms with E-state index in [9.17, 15) is 27.2 Å². The van der Waals surface area contributed by atoms with Crippen LogP contribution in [0.4, 0.5) is 17.6 Å². The maximum absolute atomic E-state index is 12.6. The second-order valence-corrected chi connectivity index (χ2v) is 6.34. The maximum Gasteiger partial charge on any atom is 0.387 e. The number of nitrogens with one attached hydrogen (secondary N) is 2. The molecule has 0 aliphatic rings. The Hall–Kier alpha value is -3.76. The van der Waals surface area contributed by atoms with Crippen molar-refractivity contribution in [3.63, 3.8) is 0 Å². The molecule has 7 nitrogen and oxygen atoms in total. The first-order valence-corrected chi connectivity index (χ1v) is 9.15. The highest BCUT2D eigenvalue weighted by Gasteiger charge is 2.13. The Kier molecular flexibility index (Phi) is 8.87. The van der Waals surface area contributed by atoms with Crippen LogP contribution in [0.5, 0.6) is 17.2 Å². The monoisotopic (exact) mass is 456 g/mol. The van der Waals surface area contributed by atoms with E-state index in [2.05, 4.69) is 20.3 Å². The van der Waals surface area contributed by atoms with Gasteiger partial charge in [-0.2, -0.15) is 17.6 Å². The van der Waals surface area contributed by atoms with Crippen LogP contribution in [0.2, 0.25) is 0 Å². The van der Waals surface area contributed by atoms with E-state index in [-0.39, 0.29) is 12.2 Å². The van der Waals surface area contributed by atoms with E-state index in [1.165, 1.54) is 0 Å².